The van der Waals surface area contributed by atoms with E-state index in [0.29, 0.717) is 52.4 Å². The molecule has 0 aliphatic heterocycles. The molecule has 0 amide bonds. The van der Waals surface area contributed by atoms with Crippen LogP contribution >= 0.6 is 0 Å². The SMILES string of the molecule is c1ccc(-c2ccccc2-c2nc(-c3ccccc3-c3ccccc3)nc(-c3ccc(-n4c5ccccc5c5ccccc54)c4ccccc34)n2)cc1.c1ccc(-c2nc(-c3ccccc3)nc(-c3ccc(-c4ccc(-n5c6ccccc6c6ccccc65)cc4)cc3)n2)cc1.c1ccc2cc(-c3nc(-c4ccc5ccccc5c4)nc(-c4cccc5ccc(-n6c7ccccc7c7ccccc76)cc45)n3)ccc2c1. The van der Waals surface area contributed by atoms with Crippen LogP contribution in [-0.2, 0) is 0 Å². The summed E-state index contributed by atoms with van der Waals surface area (Å²) < 4.78 is 7.08. The molecule has 28 aromatic rings. The number of para-hydroxylation sites is 6. The summed E-state index contributed by atoms with van der Waals surface area (Å²) in [6.07, 6.45) is 0. The van der Waals surface area contributed by atoms with Crippen LogP contribution in [0.3, 0.4) is 0 Å². The molecule has 678 valence electrons. The molecule has 12 heteroatoms. The first kappa shape index (κ1) is 85.7. The summed E-state index contributed by atoms with van der Waals surface area (Å²) in [4.78, 5) is 45.9. The number of aromatic nitrogens is 12. The van der Waals surface area contributed by atoms with Gasteiger partial charge in [-0.25, -0.2) is 44.9 Å². The van der Waals surface area contributed by atoms with Crippen molar-refractivity contribution in [1.82, 2.24) is 58.6 Å². The Morgan fingerprint density at radius 3 is 0.807 bits per heavy atom. The number of fused-ring (bicyclic) bond motifs is 13. The Morgan fingerprint density at radius 2 is 0.379 bits per heavy atom. The molecule has 22 aromatic carbocycles. The summed E-state index contributed by atoms with van der Waals surface area (Å²) in [6.45, 7) is 0. The molecule has 0 N–H and O–H groups in total. The molecule has 0 fully saturated rings. The van der Waals surface area contributed by atoms with Gasteiger partial charge in [-0.15, -0.1) is 0 Å². The Morgan fingerprint density at radius 1 is 0.117 bits per heavy atom. The lowest BCUT2D eigenvalue weighted by Crippen LogP contribution is -2.03. The maximum absolute atomic E-state index is 5.30. The van der Waals surface area contributed by atoms with Gasteiger partial charge in [-0.1, -0.05) is 437 Å². The van der Waals surface area contributed by atoms with Crippen LogP contribution in [0.5, 0.6) is 0 Å². The fourth-order valence-corrected chi connectivity index (χ4v) is 20.6. The Balaban J connectivity index is 0.000000111. The van der Waals surface area contributed by atoms with Crippen LogP contribution in [0.1, 0.15) is 0 Å². The van der Waals surface area contributed by atoms with Gasteiger partial charge in [-0.05, 0) is 156 Å². The van der Waals surface area contributed by atoms with Crippen molar-refractivity contribution in [1.29, 1.82) is 0 Å². The third-order valence-corrected chi connectivity index (χ3v) is 27.6. The van der Waals surface area contributed by atoms with Crippen LogP contribution < -0.4 is 0 Å². The van der Waals surface area contributed by atoms with E-state index in [2.05, 4.69) is 463 Å². The van der Waals surface area contributed by atoms with Gasteiger partial charge in [-0.2, -0.15) is 0 Å². The highest BCUT2D eigenvalue weighted by atomic mass is 15.1. The topological polar surface area (TPSA) is 131 Å². The predicted octanol–water partition coefficient (Wildman–Crippen LogP) is 33.5. The average Bonchev–Trinajstić information content (AvgIpc) is 1.61. The van der Waals surface area contributed by atoms with Crippen molar-refractivity contribution < 1.29 is 0 Å². The van der Waals surface area contributed by atoms with Gasteiger partial charge in [0, 0.05) is 99.1 Å². The third kappa shape index (κ3) is 16.2. The first-order chi connectivity index (χ1) is 71.9. The van der Waals surface area contributed by atoms with E-state index in [1.165, 1.54) is 76.2 Å². The predicted molar refractivity (Wildman–Crippen MR) is 598 cm³/mol. The molecular formula is C133H86N12. The summed E-state index contributed by atoms with van der Waals surface area (Å²) in [5, 5.41) is 16.5. The summed E-state index contributed by atoms with van der Waals surface area (Å²) in [6, 6.07) is 182. The minimum atomic E-state index is 0.626. The number of benzene rings is 22. The van der Waals surface area contributed by atoms with Gasteiger partial charge in [0.1, 0.15) is 0 Å². The molecule has 0 aliphatic rings. The largest absolute Gasteiger partial charge is 0.309 e. The summed E-state index contributed by atoms with van der Waals surface area (Å²) >= 11 is 0. The highest BCUT2D eigenvalue weighted by Gasteiger charge is 2.25. The highest BCUT2D eigenvalue weighted by Crippen LogP contribution is 2.44. The third-order valence-electron chi connectivity index (χ3n) is 27.6. The molecule has 0 bridgehead atoms. The van der Waals surface area contributed by atoms with E-state index >= 15 is 0 Å². The number of nitrogens with zero attached hydrogens (tertiary/aromatic N) is 12. The second-order valence-electron chi connectivity index (χ2n) is 36.2. The van der Waals surface area contributed by atoms with Gasteiger partial charge in [0.05, 0.1) is 38.8 Å². The molecule has 145 heavy (non-hydrogen) atoms. The van der Waals surface area contributed by atoms with E-state index in [-0.39, 0.29) is 0 Å². The lowest BCUT2D eigenvalue weighted by atomic mass is 9.97. The van der Waals surface area contributed by atoms with E-state index in [1.807, 2.05) is 72.8 Å². The fourth-order valence-electron chi connectivity index (χ4n) is 20.6. The minimum Gasteiger partial charge on any atom is -0.309 e. The quantitative estimate of drug-likeness (QED) is 0.0984. The van der Waals surface area contributed by atoms with Gasteiger partial charge >= 0.3 is 0 Å². The zero-order chi connectivity index (χ0) is 96.0. The summed E-state index contributed by atoms with van der Waals surface area (Å²) in [7, 11) is 0. The average molecular weight is 1850 g/mol. The van der Waals surface area contributed by atoms with Crippen molar-refractivity contribution in [3.05, 3.63) is 522 Å². The fraction of sp³-hybridized carbons (Fsp3) is 0. The normalized spacial score (nSPS) is 11.4. The van der Waals surface area contributed by atoms with Gasteiger partial charge < -0.3 is 13.7 Å². The highest BCUT2D eigenvalue weighted by molar-refractivity contribution is 6.14. The van der Waals surface area contributed by atoms with E-state index in [1.54, 1.807) is 0 Å². The van der Waals surface area contributed by atoms with Crippen molar-refractivity contribution >= 4 is 109 Å². The van der Waals surface area contributed by atoms with Crippen molar-refractivity contribution in [3.8, 4) is 153 Å². The molecular weight excluding hydrogens is 1770 g/mol. The Bertz CT molecular complexity index is 9410. The van der Waals surface area contributed by atoms with Crippen LogP contribution in [-0.4, -0.2) is 58.6 Å². The first-order valence-electron chi connectivity index (χ1n) is 48.8. The van der Waals surface area contributed by atoms with E-state index in [9.17, 15) is 0 Å². The molecule has 0 spiro atoms. The van der Waals surface area contributed by atoms with Crippen LogP contribution in [0.4, 0.5) is 0 Å². The molecule has 6 aromatic heterocycles. The number of hydrogen-bond acceptors (Lipinski definition) is 9. The maximum Gasteiger partial charge on any atom is 0.164 e. The second-order valence-corrected chi connectivity index (χ2v) is 36.2. The number of rotatable bonds is 15. The van der Waals surface area contributed by atoms with Gasteiger partial charge in [0.25, 0.3) is 0 Å². The first-order valence-corrected chi connectivity index (χ1v) is 48.8. The van der Waals surface area contributed by atoms with Crippen molar-refractivity contribution in [3.63, 3.8) is 0 Å². The lowest BCUT2D eigenvalue weighted by molar-refractivity contribution is 1.07. The van der Waals surface area contributed by atoms with Crippen LogP contribution in [0.15, 0.2) is 522 Å². The van der Waals surface area contributed by atoms with Gasteiger partial charge in [-0.3, -0.25) is 0 Å². The molecule has 0 atom stereocenters. The molecule has 28 rings (SSSR count). The van der Waals surface area contributed by atoms with Crippen molar-refractivity contribution in [2.45, 2.75) is 0 Å². The van der Waals surface area contributed by atoms with Crippen molar-refractivity contribution in [2.75, 3.05) is 0 Å². The molecule has 0 unspecified atom stereocenters. The molecule has 0 saturated heterocycles. The zero-order valence-corrected chi connectivity index (χ0v) is 78.5. The summed E-state index contributed by atoms with van der Waals surface area (Å²) in [5.74, 6) is 5.80. The van der Waals surface area contributed by atoms with Gasteiger partial charge in [0.15, 0.2) is 52.4 Å². The molecule has 0 radical (unpaired) electrons. The minimum absolute atomic E-state index is 0.626. The van der Waals surface area contributed by atoms with E-state index in [4.69, 9.17) is 44.9 Å². The smallest absolute Gasteiger partial charge is 0.164 e. The Labute approximate surface area is 835 Å². The Kier molecular flexibility index (Phi) is 22.0. The maximum atomic E-state index is 5.30. The molecule has 0 saturated carbocycles. The monoisotopic (exact) mass is 1850 g/mol. The lowest BCUT2D eigenvalue weighted by Gasteiger charge is -2.16. The van der Waals surface area contributed by atoms with E-state index < -0.39 is 0 Å². The Hall–Kier alpha value is -19.7. The second kappa shape index (κ2) is 37.2. The van der Waals surface area contributed by atoms with Crippen molar-refractivity contribution in [2.24, 2.45) is 0 Å². The van der Waals surface area contributed by atoms with Gasteiger partial charge in [0.2, 0.25) is 0 Å². The standard InChI is InChI=1S/C49H32N4.C45H28N4.C39H26N4/c1-3-17-33(18-4-1)35-21-7-11-27-41(35)47-50-48(42-28-12-8-22-36(42)34-19-5-2-6-20-34)52-49(51-47)43-31-32-46(38-24-10-9-23-37(38)43)53-44-29-15-13-25-39(44)40-26-14-16-30-45(40)53;1-3-12-32-26-34(22-20-29(32)10-1)43-46-44(35-23-21-30-11-2-4-13-33(30)27-35)48-45(47-43)39-17-9-14-31-24-25-36(28-40(31)39)49-41-18-7-5-15-37(41)38-16-6-8-19-42(38)49;1-3-11-29(12-4-1)37-40-38(30-13-5-2-6-14-30)42-39(41-37)31-21-19-27(20-22-31)28-23-25-32(26-24-28)43-35-17-9-7-15-33(35)34-16-8-10-18-36(34)43/h1-32H;1-28H;1-26H. The van der Waals surface area contributed by atoms with Crippen LogP contribution in [0.25, 0.3) is 261 Å². The zero-order valence-electron chi connectivity index (χ0n) is 78.5. The van der Waals surface area contributed by atoms with Crippen LogP contribution in [0, 0.1) is 0 Å². The molecule has 6 heterocycles. The van der Waals surface area contributed by atoms with Crippen LogP contribution in [0.2, 0.25) is 0 Å². The number of hydrogen-bond donors (Lipinski definition) is 0. The summed E-state index contributed by atoms with van der Waals surface area (Å²) in [5.41, 5.74) is 25.7. The molecule has 12 nitrogen and oxygen atoms in total. The van der Waals surface area contributed by atoms with E-state index in [0.717, 1.165) is 133 Å². The molecule has 0 aliphatic carbocycles.